The minimum atomic E-state index is -0.466. The van der Waals surface area contributed by atoms with E-state index in [9.17, 15) is 14.4 Å². The van der Waals surface area contributed by atoms with Gasteiger partial charge in [-0.15, -0.1) is 0 Å². The molecule has 0 aromatic rings. The summed E-state index contributed by atoms with van der Waals surface area (Å²) < 4.78 is 0. The summed E-state index contributed by atoms with van der Waals surface area (Å²) in [5, 5.41) is 5.28. The van der Waals surface area contributed by atoms with Gasteiger partial charge in [-0.3, -0.25) is 14.9 Å². The lowest BCUT2D eigenvalue weighted by Gasteiger charge is -2.32. The normalized spacial score (nSPS) is 27.1. The van der Waals surface area contributed by atoms with Crippen molar-refractivity contribution in [3.8, 4) is 0 Å². The molecule has 0 radical (unpaired) electrons. The molecule has 2 fully saturated rings. The monoisotopic (exact) mass is 281 g/mol. The van der Waals surface area contributed by atoms with Crippen LogP contribution in [0, 0.1) is 5.92 Å². The number of imide groups is 1. The fourth-order valence-electron chi connectivity index (χ4n) is 3.06. The molecule has 0 aromatic carbocycles. The lowest BCUT2D eigenvalue weighted by Crippen LogP contribution is -2.53. The number of hydrogen-bond donors (Lipinski definition) is 2. The topological polar surface area (TPSA) is 78.5 Å². The highest BCUT2D eigenvalue weighted by Gasteiger charge is 2.28. The van der Waals surface area contributed by atoms with E-state index in [4.69, 9.17) is 0 Å². The first-order valence-electron chi connectivity index (χ1n) is 7.48. The standard InChI is InChI=1S/C14H23N3O3/c1-2-10-5-3-4-6-11(10)15-13(19)9-17-8-7-12(18)16-14(17)20/h10-11H,2-9H2,1H3,(H,15,19)(H,16,18,20). The van der Waals surface area contributed by atoms with E-state index in [2.05, 4.69) is 17.6 Å². The maximum absolute atomic E-state index is 12.1. The zero-order valence-corrected chi connectivity index (χ0v) is 12.0. The largest absolute Gasteiger partial charge is 0.352 e. The van der Waals surface area contributed by atoms with Gasteiger partial charge in [0.1, 0.15) is 6.54 Å². The number of urea groups is 1. The van der Waals surface area contributed by atoms with Crippen LogP contribution in [0.1, 0.15) is 45.4 Å². The minimum Gasteiger partial charge on any atom is -0.352 e. The summed E-state index contributed by atoms with van der Waals surface area (Å²) in [6.07, 6.45) is 5.92. The van der Waals surface area contributed by atoms with Crippen LogP contribution in [0.5, 0.6) is 0 Å². The molecule has 0 aromatic heterocycles. The number of carbonyl (C=O) groups excluding carboxylic acids is 3. The first kappa shape index (κ1) is 14.8. The van der Waals surface area contributed by atoms with Crippen molar-refractivity contribution in [2.24, 2.45) is 5.92 Å². The first-order chi connectivity index (χ1) is 9.60. The highest BCUT2D eigenvalue weighted by molar-refractivity contribution is 5.98. The molecule has 6 nitrogen and oxygen atoms in total. The number of nitrogens with zero attached hydrogens (tertiary/aromatic N) is 1. The Kier molecular flexibility index (Phi) is 4.98. The van der Waals surface area contributed by atoms with Crippen molar-refractivity contribution >= 4 is 17.8 Å². The maximum atomic E-state index is 12.1. The van der Waals surface area contributed by atoms with Gasteiger partial charge in [0, 0.05) is 19.0 Å². The third-order valence-corrected chi connectivity index (χ3v) is 4.26. The van der Waals surface area contributed by atoms with Crippen LogP contribution in [0.2, 0.25) is 0 Å². The Hall–Kier alpha value is -1.59. The summed E-state index contributed by atoms with van der Waals surface area (Å²) in [6, 6.07) is -0.234. The molecule has 4 amide bonds. The Morgan fingerprint density at radius 1 is 1.35 bits per heavy atom. The summed E-state index contributed by atoms with van der Waals surface area (Å²) in [5.41, 5.74) is 0. The number of rotatable bonds is 4. The van der Waals surface area contributed by atoms with Gasteiger partial charge in [-0.05, 0) is 18.8 Å². The summed E-state index contributed by atoms with van der Waals surface area (Å²) in [5.74, 6) is 0.147. The molecule has 0 spiro atoms. The Balaban J connectivity index is 1.82. The van der Waals surface area contributed by atoms with Crippen LogP contribution in [0.15, 0.2) is 0 Å². The summed E-state index contributed by atoms with van der Waals surface area (Å²) >= 11 is 0. The number of nitrogens with one attached hydrogen (secondary N) is 2. The van der Waals surface area contributed by atoms with Gasteiger partial charge in [0.2, 0.25) is 11.8 Å². The Bertz CT molecular complexity index is 397. The molecule has 2 unspecified atom stereocenters. The van der Waals surface area contributed by atoms with E-state index in [1.807, 2.05) is 0 Å². The van der Waals surface area contributed by atoms with E-state index < -0.39 is 6.03 Å². The fourth-order valence-corrected chi connectivity index (χ4v) is 3.06. The maximum Gasteiger partial charge on any atom is 0.324 e. The molecule has 2 N–H and O–H groups in total. The average Bonchev–Trinajstić information content (AvgIpc) is 2.42. The number of hydrogen-bond acceptors (Lipinski definition) is 3. The quantitative estimate of drug-likeness (QED) is 0.807. The SMILES string of the molecule is CCC1CCCCC1NC(=O)CN1CCC(=O)NC1=O. The Labute approximate surface area is 119 Å². The van der Waals surface area contributed by atoms with Gasteiger partial charge in [0.25, 0.3) is 0 Å². The van der Waals surface area contributed by atoms with Crippen LogP contribution in [-0.2, 0) is 9.59 Å². The highest BCUT2D eigenvalue weighted by Crippen LogP contribution is 2.26. The smallest absolute Gasteiger partial charge is 0.324 e. The second kappa shape index (κ2) is 6.72. The van der Waals surface area contributed by atoms with Crippen molar-refractivity contribution in [2.75, 3.05) is 13.1 Å². The molecule has 1 aliphatic carbocycles. The van der Waals surface area contributed by atoms with Gasteiger partial charge in [0.05, 0.1) is 0 Å². The second-order valence-electron chi connectivity index (χ2n) is 5.65. The Morgan fingerprint density at radius 2 is 2.10 bits per heavy atom. The van der Waals surface area contributed by atoms with Gasteiger partial charge < -0.3 is 10.2 Å². The number of carbonyl (C=O) groups is 3. The molecule has 1 saturated heterocycles. The molecule has 1 heterocycles. The lowest BCUT2D eigenvalue weighted by atomic mass is 9.83. The second-order valence-corrected chi connectivity index (χ2v) is 5.65. The molecule has 6 heteroatoms. The van der Waals surface area contributed by atoms with E-state index >= 15 is 0 Å². The molecule has 112 valence electrons. The van der Waals surface area contributed by atoms with E-state index in [0.29, 0.717) is 12.5 Å². The first-order valence-corrected chi connectivity index (χ1v) is 7.48. The molecule has 0 bridgehead atoms. The van der Waals surface area contributed by atoms with Gasteiger partial charge in [-0.1, -0.05) is 26.2 Å². The predicted octanol–water partition coefficient (Wildman–Crippen LogP) is 1.01. The fraction of sp³-hybridized carbons (Fsp3) is 0.786. The van der Waals surface area contributed by atoms with Gasteiger partial charge in [0.15, 0.2) is 0 Å². The molecule has 2 atom stereocenters. The third-order valence-electron chi connectivity index (χ3n) is 4.26. The van der Waals surface area contributed by atoms with Gasteiger partial charge in [-0.25, -0.2) is 4.79 Å². The molecular weight excluding hydrogens is 258 g/mol. The van der Waals surface area contributed by atoms with E-state index in [-0.39, 0.29) is 30.8 Å². The average molecular weight is 281 g/mol. The van der Waals surface area contributed by atoms with Crippen LogP contribution in [-0.4, -0.2) is 41.9 Å². The summed E-state index contributed by atoms with van der Waals surface area (Å²) in [6.45, 7) is 2.50. The van der Waals surface area contributed by atoms with E-state index in [0.717, 1.165) is 19.3 Å². The van der Waals surface area contributed by atoms with Crippen molar-refractivity contribution in [1.82, 2.24) is 15.5 Å². The van der Waals surface area contributed by atoms with E-state index in [1.54, 1.807) is 0 Å². The summed E-state index contributed by atoms with van der Waals surface area (Å²) in [7, 11) is 0. The van der Waals surface area contributed by atoms with Crippen LogP contribution >= 0.6 is 0 Å². The summed E-state index contributed by atoms with van der Waals surface area (Å²) in [4.78, 5) is 36.1. The van der Waals surface area contributed by atoms with Crippen molar-refractivity contribution in [3.63, 3.8) is 0 Å². The van der Waals surface area contributed by atoms with Crippen LogP contribution in [0.3, 0.4) is 0 Å². The van der Waals surface area contributed by atoms with Crippen molar-refractivity contribution in [3.05, 3.63) is 0 Å². The Morgan fingerprint density at radius 3 is 2.80 bits per heavy atom. The molecule has 20 heavy (non-hydrogen) atoms. The zero-order valence-electron chi connectivity index (χ0n) is 12.0. The number of amides is 4. The zero-order chi connectivity index (χ0) is 14.5. The van der Waals surface area contributed by atoms with Gasteiger partial charge >= 0.3 is 6.03 Å². The molecule has 1 aliphatic heterocycles. The predicted molar refractivity (Wildman–Crippen MR) is 73.9 cm³/mol. The van der Waals surface area contributed by atoms with Gasteiger partial charge in [-0.2, -0.15) is 0 Å². The van der Waals surface area contributed by atoms with Crippen molar-refractivity contribution in [2.45, 2.75) is 51.5 Å². The molecule has 1 saturated carbocycles. The molecular formula is C14H23N3O3. The highest BCUT2D eigenvalue weighted by atomic mass is 16.2. The third kappa shape index (κ3) is 3.71. The van der Waals surface area contributed by atoms with Crippen LogP contribution < -0.4 is 10.6 Å². The van der Waals surface area contributed by atoms with Crippen molar-refractivity contribution < 1.29 is 14.4 Å². The minimum absolute atomic E-state index is 0.0338. The molecule has 2 aliphatic rings. The molecule has 2 rings (SSSR count). The van der Waals surface area contributed by atoms with E-state index in [1.165, 1.54) is 17.7 Å². The van der Waals surface area contributed by atoms with Crippen LogP contribution in [0.25, 0.3) is 0 Å². The van der Waals surface area contributed by atoms with Crippen molar-refractivity contribution in [1.29, 1.82) is 0 Å². The lowest BCUT2D eigenvalue weighted by molar-refractivity contribution is -0.125. The van der Waals surface area contributed by atoms with Crippen LogP contribution in [0.4, 0.5) is 4.79 Å².